The largest absolute Gasteiger partial charge is 0.464 e. The first kappa shape index (κ1) is 11.4. The Morgan fingerprint density at radius 2 is 2.00 bits per heavy atom. The van der Waals surface area contributed by atoms with Crippen LogP contribution in [0, 0.1) is 5.92 Å². The van der Waals surface area contributed by atoms with Crippen LogP contribution in [-0.2, 0) is 9.53 Å². The van der Waals surface area contributed by atoms with E-state index in [1.165, 1.54) is 0 Å². The van der Waals surface area contributed by atoms with Crippen LogP contribution in [-0.4, -0.2) is 18.1 Å². The number of rotatable bonds is 4. The fraction of sp³-hybridized carbons (Fsp3) is 0.889. The first-order valence-corrected chi connectivity index (χ1v) is 4.30. The Morgan fingerprint density at radius 1 is 1.50 bits per heavy atom. The van der Waals surface area contributed by atoms with Gasteiger partial charge < -0.3 is 10.5 Å². The van der Waals surface area contributed by atoms with E-state index in [1.807, 2.05) is 0 Å². The lowest BCUT2D eigenvalue weighted by Gasteiger charge is -2.16. The van der Waals surface area contributed by atoms with Gasteiger partial charge in [0.25, 0.3) is 0 Å². The third kappa shape index (κ3) is 5.13. The zero-order valence-corrected chi connectivity index (χ0v) is 8.39. The summed E-state index contributed by atoms with van der Waals surface area (Å²) in [7, 11) is 0. The lowest BCUT2D eigenvalue weighted by molar-refractivity contribution is -0.149. The van der Waals surface area contributed by atoms with E-state index >= 15 is 0 Å². The first-order chi connectivity index (χ1) is 5.34. The molecule has 0 aliphatic heterocycles. The number of carbonyl (C=O) groups is 1. The summed E-state index contributed by atoms with van der Waals surface area (Å²) in [6.45, 7) is 7.93. The zero-order valence-electron chi connectivity index (χ0n) is 8.39. The molecule has 3 nitrogen and oxygen atoms in total. The third-order valence-electron chi connectivity index (χ3n) is 1.45. The van der Waals surface area contributed by atoms with Crippen molar-refractivity contribution < 1.29 is 9.53 Å². The van der Waals surface area contributed by atoms with Gasteiger partial charge in [-0.05, 0) is 26.2 Å². The Kier molecular flexibility index (Phi) is 4.24. The highest BCUT2D eigenvalue weighted by molar-refractivity contribution is 5.79. The number of hydrogen-bond donors (Lipinski definition) is 1. The molecule has 0 aliphatic carbocycles. The van der Waals surface area contributed by atoms with Crippen molar-refractivity contribution in [3.8, 4) is 0 Å². The molecule has 0 heterocycles. The van der Waals surface area contributed by atoms with Crippen molar-refractivity contribution in [3.05, 3.63) is 0 Å². The van der Waals surface area contributed by atoms with Crippen molar-refractivity contribution in [2.75, 3.05) is 6.61 Å². The topological polar surface area (TPSA) is 52.3 Å². The van der Waals surface area contributed by atoms with Gasteiger partial charge in [0.05, 0.1) is 6.61 Å². The van der Waals surface area contributed by atoms with Crippen LogP contribution in [0.1, 0.15) is 34.1 Å². The van der Waals surface area contributed by atoms with Gasteiger partial charge in [-0.15, -0.1) is 0 Å². The minimum Gasteiger partial charge on any atom is -0.464 e. The second kappa shape index (κ2) is 4.45. The van der Waals surface area contributed by atoms with Crippen LogP contribution in [0.15, 0.2) is 0 Å². The van der Waals surface area contributed by atoms with Gasteiger partial charge in [-0.1, -0.05) is 13.8 Å². The van der Waals surface area contributed by atoms with Crippen LogP contribution in [0.3, 0.4) is 0 Å². The fourth-order valence-corrected chi connectivity index (χ4v) is 0.573. The maximum Gasteiger partial charge on any atom is 0.325 e. The van der Waals surface area contributed by atoms with E-state index in [0.29, 0.717) is 12.5 Å². The normalized spacial score (nSPS) is 11.8. The molecule has 0 fully saturated rings. The van der Waals surface area contributed by atoms with Crippen molar-refractivity contribution >= 4 is 5.97 Å². The van der Waals surface area contributed by atoms with Gasteiger partial charge >= 0.3 is 5.97 Å². The summed E-state index contributed by atoms with van der Waals surface area (Å²) in [5, 5.41) is 0. The van der Waals surface area contributed by atoms with Gasteiger partial charge in [-0.25, -0.2) is 0 Å². The summed E-state index contributed by atoms with van der Waals surface area (Å²) in [5.74, 6) is 0.224. The molecule has 0 bridgehead atoms. The molecule has 0 aromatic carbocycles. The molecule has 72 valence electrons. The van der Waals surface area contributed by atoms with E-state index < -0.39 is 5.54 Å². The Balaban J connectivity index is 3.59. The molecule has 0 saturated carbocycles. The molecule has 0 amide bonds. The van der Waals surface area contributed by atoms with Crippen LogP contribution >= 0.6 is 0 Å². The highest BCUT2D eigenvalue weighted by atomic mass is 16.5. The minimum atomic E-state index is -0.864. The monoisotopic (exact) mass is 173 g/mol. The lowest BCUT2D eigenvalue weighted by atomic mass is 10.1. The molecule has 0 unspecified atom stereocenters. The van der Waals surface area contributed by atoms with Gasteiger partial charge in [0.1, 0.15) is 5.54 Å². The van der Waals surface area contributed by atoms with Crippen LogP contribution in [0.2, 0.25) is 0 Å². The minimum absolute atomic E-state index is 0.330. The van der Waals surface area contributed by atoms with Crippen molar-refractivity contribution in [3.63, 3.8) is 0 Å². The lowest BCUT2D eigenvalue weighted by Crippen LogP contribution is -2.43. The van der Waals surface area contributed by atoms with Gasteiger partial charge in [-0.3, -0.25) is 4.79 Å². The summed E-state index contributed by atoms with van der Waals surface area (Å²) >= 11 is 0. The zero-order chi connectivity index (χ0) is 9.78. The average Bonchev–Trinajstić information content (AvgIpc) is 1.84. The van der Waals surface area contributed by atoms with Gasteiger partial charge in [0, 0.05) is 0 Å². The SMILES string of the molecule is CC(C)CCOC(=O)C(C)(C)N. The highest BCUT2D eigenvalue weighted by Crippen LogP contribution is 2.03. The molecule has 0 aliphatic rings. The molecule has 0 spiro atoms. The Labute approximate surface area is 74.3 Å². The fourth-order valence-electron chi connectivity index (χ4n) is 0.573. The molecular formula is C9H19NO2. The van der Waals surface area contributed by atoms with Gasteiger partial charge in [0.2, 0.25) is 0 Å². The molecule has 0 saturated heterocycles. The second-order valence-corrected chi connectivity index (χ2v) is 4.04. The molecule has 0 atom stereocenters. The van der Waals surface area contributed by atoms with E-state index in [-0.39, 0.29) is 5.97 Å². The highest BCUT2D eigenvalue weighted by Gasteiger charge is 2.23. The first-order valence-electron chi connectivity index (χ1n) is 4.30. The Bertz CT molecular complexity index is 147. The van der Waals surface area contributed by atoms with Crippen molar-refractivity contribution in [1.29, 1.82) is 0 Å². The van der Waals surface area contributed by atoms with E-state index in [9.17, 15) is 4.79 Å². The molecule has 0 rings (SSSR count). The molecule has 0 radical (unpaired) electrons. The van der Waals surface area contributed by atoms with Crippen LogP contribution < -0.4 is 5.73 Å². The van der Waals surface area contributed by atoms with E-state index in [2.05, 4.69) is 13.8 Å². The summed E-state index contributed by atoms with van der Waals surface area (Å²) in [5.41, 5.74) is 4.66. The molecular weight excluding hydrogens is 154 g/mol. The summed E-state index contributed by atoms with van der Waals surface area (Å²) < 4.78 is 4.95. The van der Waals surface area contributed by atoms with Gasteiger partial charge in [-0.2, -0.15) is 0 Å². The maximum atomic E-state index is 11.1. The number of ether oxygens (including phenoxy) is 1. The van der Waals surface area contributed by atoms with Crippen molar-refractivity contribution in [2.24, 2.45) is 11.7 Å². The Morgan fingerprint density at radius 3 is 2.33 bits per heavy atom. The maximum absolute atomic E-state index is 11.1. The molecule has 0 aromatic heterocycles. The van der Waals surface area contributed by atoms with E-state index in [0.717, 1.165) is 6.42 Å². The second-order valence-electron chi connectivity index (χ2n) is 4.04. The number of hydrogen-bond acceptors (Lipinski definition) is 3. The Hall–Kier alpha value is -0.570. The van der Waals surface area contributed by atoms with E-state index in [1.54, 1.807) is 13.8 Å². The van der Waals surface area contributed by atoms with Gasteiger partial charge in [0.15, 0.2) is 0 Å². The number of carbonyl (C=O) groups excluding carboxylic acids is 1. The molecule has 12 heavy (non-hydrogen) atoms. The molecule has 2 N–H and O–H groups in total. The smallest absolute Gasteiger partial charge is 0.325 e. The third-order valence-corrected chi connectivity index (χ3v) is 1.45. The quantitative estimate of drug-likeness (QED) is 0.652. The predicted molar refractivity (Wildman–Crippen MR) is 48.7 cm³/mol. The standard InChI is InChI=1S/C9H19NO2/c1-7(2)5-6-12-8(11)9(3,4)10/h7H,5-6,10H2,1-4H3. The molecule has 3 heteroatoms. The van der Waals surface area contributed by atoms with Crippen molar-refractivity contribution in [1.82, 2.24) is 0 Å². The van der Waals surface area contributed by atoms with E-state index in [4.69, 9.17) is 10.5 Å². The number of esters is 1. The van der Waals surface area contributed by atoms with Crippen LogP contribution in [0.25, 0.3) is 0 Å². The summed E-state index contributed by atoms with van der Waals surface area (Å²) in [6, 6.07) is 0. The number of nitrogens with two attached hydrogens (primary N) is 1. The van der Waals surface area contributed by atoms with Crippen LogP contribution in [0.5, 0.6) is 0 Å². The predicted octanol–water partition coefficient (Wildman–Crippen LogP) is 1.31. The van der Waals surface area contributed by atoms with Crippen LogP contribution in [0.4, 0.5) is 0 Å². The summed E-state index contributed by atoms with van der Waals surface area (Å²) in [6.07, 6.45) is 0.891. The molecule has 0 aromatic rings. The van der Waals surface area contributed by atoms with Crippen molar-refractivity contribution in [2.45, 2.75) is 39.7 Å². The summed E-state index contributed by atoms with van der Waals surface area (Å²) in [4.78, 5) is 11.1. The average molecular weight is 173 g/mol.